The summed E-state index contributed by atoms with van der Waals surface area (Å²) in [7, 11) is 0. The molecule has 0 radical (unpaired) electrons. The van der Waals surface area contributed by atoms with Gasteiger partial charge in [-0.1, -0.05) is 0 Å². The highest BCUT2D eigenvalue weighted by molar-refractivity contribution is 5.47. The second kappa shape index (κ2) is 6.07. The van der Waals surface area contributed by atoms with Gasteiger partial charge in [-0.3, -0.25) is 0 Å². The molecule has 4 heterocycles. The van der Waals surface area contributed by atoms with Crippen molar-refractivity contribution in [3.8, 4) is 0 Å². The van der Waals surface area contributed by atoms with Crippen LogP contribution in [0.4, 0.5) is 24.9 Å². The van der Waals surface area contributed by atoms with Crippen molar-refractivity contribution in [1.29, 1.82) is 0 Å². The molecule has 4 rings (SSSR count). The van der Waals surface area contributed by atoms with Crippen molar-refractivity contribution < 1.29 is 13.2 Å². The number of hydrogen-bond donors (Lipinski definition) is 0. The molecule has 0 aliphatic carbocycles. The number of alkyl halides is 3. The lowest BCUT2D eigenvalue weighted by Gasteiger charge is -2.35. The van der Waals surface area contributed by atoms with Crippen molar-refractivity contribution in [2.75, 3.05) is 36.0 Å². The maximum atomic E-state index is 13.0. The molecule has 0 bridgehead atoms. The number of aromatic nitrogens is 6. The van der Waals surface area contributed by atoms with E-state index in [1.165, 1.54) is 6.07 Å². The van der Waals surface area contributed by atoms with E-state index in [-0.39, 0.29) is 5.65 Å². The summed E-state index contributed by atoms with van der Waals surface area (Å²) >= 11 is 0. The molecule has 0 saturated carbocycles. The summed E-state index contributed by atoms with van der Waals surface area (Å²) in [6.45, 7) is 4.39. The highest BCUT2D eigenvalue weighted by Gasteiger charge is 2.37. The Labute approximate surface area is 146 Å². The number of rotatable bonds is 2. The van der Waals surface area contributed by atoms with E-state index >= 15 is 0 Å². The first-order chi connectivity index (χ1) is 12.4. The minimum absolute atomic E-state index is 0.0628. The summed E-state index contributed by atoms with van der Waals surface area (Å²) in [4.78, 5) is 12.6. The number of fused-ring (bicyclic) bond motifs is 1. The Balaban J connectivity index is 1.54. The van der Waals surface area contributed by atoms with E-state index in [4.69, 9.17) is 0 Å². The normalized spacial score (nSPS) is 15.7. The average molecular weight is 364 g/mol. The summed E-state index contributed by atoms with van der Waals surface area (Å²) in [5.74, 6) is -0.0139. The van der Waals surface area contributed by atoms with Crippen molar-refractivity contribution in [3.05, 3.63) is 35.9 Å². The monoisotopic (exact) mass is 364 g/mol. The molecular formula is C15H15F3N8. The van der Waals surface area contributed by atoms with Gasteiger partial charge in [0.2, 0.25) is 5.95 Å². The third-order valence-corrected chi connectivity index (χ3v) is 4.17. The van der Waals surface area contributed by atoms with E-state index in [0.717, 1.165) is 10.2 Å². The van der Waals surface area contributed by atoms with Gasteiger partial charge in [-0.15, -0.1) is 15.3 Å². The molecule has 0 atom stereocenters. The highest BCUT2D eigenvalue weighted by Crippen LogP contribution is 2.28. The van der Waals surface area contributed by atoms with Crippen LogP contribution in [0.15, 0.2) is 24.4 Å². The molecule has 3 aromatic heterocycles. The number of piperazine rings is 1. The number of aryl methyl sites for hydroxylation is 1. The fraction of sp³-hybridized carbons (Fsp3) is 0.400. The van der Waals surface area contributed by atoms with Crippen LogP contribution in [-0.4, -0.2) is 56.0 Å². The van der Waals surface area contributed by atoms with Crippen LogP contribution in [0.25, 0.3) is 5.65 Å². The fourth-order valence-corrected chi connectivity index (χ4v) is 2.85. The van der Waals surface area contributed by atoms with E-state index in [9.17, 15) is 13.2 Å². The van der Waals surface area contributed by atoms with Gasteiger partial charge < -0.3 is 9.80 Å². The van der Waals surface area contributed by atoms with Gasteiger partial charge in [0.05, 0.1) is 0 Å². The van der Waals surface area contributed by atoms with Gasteiger partial charge in [-0.25, -0.2) is 9.97 Å². The Morgan fingerprint density at radius 3 is 2.38 bits per heavy atom. The molecule has 0 unspecified atom stereocenters. The second-order valence-electron chi connectivity index (χ2n) is 5.96. The molecule has 1 fully saturated rings. The minimum Gasteiger partial charge on any atom is -0.352 e. The van der Waals surface area contributed by atoms with E-state index in [1.54, 1.807) is 12.3 Å². The van der Waals surface area contributed by atoms with Gasteiger partial charge in [0.1, 0.15) is 5.82 Å². The van der Waals surface area contributed by atoms with Crippen molar-refractivity contribution in [2.24, 2.45) is 0 Å². The van der Waals surface area contributed by atoms with Crippen molar-refractivity contribution in [1.82, 2.24) is 29.8 Å². The molecule has 0 amide bonds. The molecule has 8 nitrogen and oxygen atoms in total. The molecule has 1 aliphatic rings. The van der Waals surface area contributed by atoms with E-state index in [2.05, 4.69) is 25.3 Å². The minimum atomic E-state index is -4.60. The summed E-state index contributed by atoms with van der Waals surface area (Å²) in [6.07, 6.45) is -2.89. The Kier molecular flexibility index (Phi) is 3.85. The van der Waals surface area contributed by atoms with E-state index in [1.807, 2.05) is 22.8 Å². The molecule has 0 aromatic carbocycles. The Bertz CT molecular complexity index is 930. The van der Waals surface area contributed by atoms with E-state index < -0.39 is 12.0 Å². The van der Waals surface area contributed by atoms with Crippen molar-refractivity contribution in [3.63, 3.8) is 0 Å². The lowest BCUT2D eigenvalue weighted by atomic mass is 10.3. The standard InChI is InChI=1S/C15H15F3N8/c1-10-4-5-19-14(20-10)25-8-6-24(7-9-25)12-3-2-11-21-22-13(15(16,17)18)26(11)23-12/h2-5H,6-9H2,1H3. The van der Waals surface area contributed by atoms with Gasteiger partial charge in [0, 0.05) is 38.1 Å². The summed E-state index contributed by atoms with van der Waals surface area (Å²) in [5.41, 5.74) is 0.949. The molecule has 1 saturated heterocycles. The quantitative estimate of drug-likeness (QED) is 0.683. The zero-order valence-corrected chi connectivity index (χ0v) is 13.8. The van der Waals surface area contributed by atoms with Crippen molar-refractivity contribution in [2.45, 2.75) is 13.1 Å². The van der Waals surface area contributed by atoms with Gasteiger partial charge in [-0.2, -0.15) is 17.7 Å². The van der Waals surface area contributed by atoms with Crippen LogP contribution in [0.2, 0.25) is 0 Å². The predicted octanol–water partition coefficient (Wildman–Crippen LogP) is 1.57. The number of hydrogen-bond acceptors (Lipinski definition) is 7. The van der Waals surface area contributed by atoms with Crippen LogP contribution >= 0.6 is 0 Å². The maximum absolute atomic E-state index is 13.0. The van der Waals surface area contributed by atoms with Gasteiger partial charge in [0.25, 0.3) is 5.82 Å². The highest BCUT2D eigenvalue weighted by atomic mass is 19.4. The first-order valence-corrected chi connectivity index (χ1v) is 8.01. The summed E-state index contributed by atoms with van der Waals surface area (Å²) < 4.78 is 39.7. The molecule has 11 heteroatoms. The molecule has 3 aromatic rings. The largest absolute Gasteiger partial charge is 0.453 e. The van der Waals surface area contributed by atoms with Crippen LogP contribution in [0.1, 0.15) is 11.5 Å². The zero-order valence-electron chi connectivity index (χ0n) is 13.8. The molecular weight excluding hydrogens is 349 g/mol. The van der Waals surface area contributed by atoms with E-state index in [0.29, 0.717) is 37.9 Å². The van der Waals surface area contributed by atoms with Gasteiger partial charge in [0.15, 0.2) is 5.65 Å². The van der Waals surface area contributed by atoms with Crippen LogP contribution in [0, 0.1) is 6.92 Å². The molecule has 136 valence electrons. The lowest BCUT2D eigenvalue weighted by molar-refractivity contribution is -0.146. The van der Waals surface area contributed by atoms with Crippen LogP contribution in [-0.2, 0) is 6.18 Å². The average Bonchev–Trinajstić information content (AvgIpc) is 3.05. The van der Waals surface area contributed by atoms with Crippen LogP contribution in [0.3, 0.4) is 0 Å². The zero-order chi connectivity index (χ0) is 18.3. The van der Waals surface area contributed by atoms with Gasteiger partial charge >= 0.3 is 6.18 Å². The Morgan fingerprint density at radius 1 is 0.962 bits per heavy atom. The summed E-state index contributed by atoms with van der Waals surface area (Å²) in [5, 5.41) is 10.8. The Hall–Kier alpha value is -2.98. The summed E-state index contributed by atoms with van der Waals surface area (Å²) in [6, 6.07) is 4.97. The second-order valence-corrected chi connectivity index (χ2v) is 5.96. The molecule has 26 heavy (non-hydrogen) atoms. The number of nitrogens with zero attached hydrogens (tertiary/aromatic N) is 8. The lowest BCUT2D eigenvalue weighted by Crippen LogP contribution is -2.47. The van der Waals surface area contributed by atoms with Gasteiger partial charge in [-0.05, 0) is 25.1 Å². The topological polar surface area (TPSA) is 75.3 Å². The first kappa shape index (κ1) is 16.5. The van der Waals surface area contributed by atoms with Crippen LogP contribution < -0.4 is 9.80 Å². The fourth-order valence-electron chi connectivity index (χ4n) is 2.85. The third-order valence-electron chi connectivity index (χ3n) is 4.17. The maximum Gasteiger partial charge on any atom is 0.453 e. The predicted molar refractivity (Wildman–Crippen MR) is 87.0 cm³/mol. The molecule has 0 spiro atoms. The number of anilines is 2. The molecule has 1 aliphatic heterocycles. The SMILES string of the molecule is Cc1ccnc(N2CCN(c3ccc4nnc(C(F)(F)F)n4n3)CC2)n1. The van der Waals surface area contributed by atoms with Crippen LogP contribution in [0.5, 0.6) is 0 Å². The third kappa shape index (κ3) is 3.00. The smallest absolute Gasteiger partial charge is 0.352 e. The van der Waals surface area contributed by atoms with Crippen molar-refractivity contribution >= 4 is 17.4 Å². The number of halogens is 3. The molecule has 0 N–H and O–H groups in total. The first-order valence-electron chi connectivity index (χ1n) is 8.01. The Morgan fingerprint density at radius 2 is 1.69 bits per heavy atom.